The number of carbonyl (C=O) groups is 1. The number of hydrogen-bond donors (Lipinski definition) is 0. The first-order valence-electron chi connectivity index (χ1n) is 8.16. The molecule has 0 fully saturated rings. The lowest BCUT2D eigenvalue weighted by molar-refractivity contribution is 0.101. The molecule has 0 spiro atoms. The van der Waals surface area contributed by atoms with Gasteiger partial charge in [0.05, 0.1) is 16.9 Å². The van der Waals surface area contributed by atoms with Crippen molar-refractivity contribution in [1.82, 2.24) is 9.97 Å². The van der Waals surface area contributed by atoms with Gasteiger partial charge in [-0.15, -0.1) is 0 Å². The van der Waals surface area contributed by atoms with Gasteiger partial charge in [-0.1, -0.05) is 66.7 Å². The van der Waals surface area contributed by atoms with Crippen molar-refractivity contribution < 1.29 is 4.79 Å². The van der Waals surface area contributed by atoms with Crippen molar-refractivity contribution in [2.45, 2.75) is 6.92 Å². The van der Waals surface area contributed by atoms with Crippen LogP contribution in [0.5, 0.6) is 0 Å². The minimum atomic E-state index is -0.00799. The molecule has 1 aromatic heterocycles. The maximum Gasteiger partial charge on any atom is 0.162 e. The first-order valence-corrected chi connectivity index (χ1v) is 8.16. The molecule has 0 radical (unpaired) electrons. The van der Waals surface area contributed by atoms with Crippen LogP contribution in [-0.4, -0.2) is 15.8 Å². The van der Waals surface area contributed by atoms with Gasteiger partial charge in [0.1, 0.15) is 5.52 Å². The largest absolute Gasteiger partial charge is 0.294 e. The summed E-state index contributed by atoms with van der Waals surface area (Å²) in [5.74, 6) is -0.00799. The predicted molar refractivity (Wildman–Crippen MR) is 100 cm³/mol. The van der Waals surface area contributed by atoms with E-state index in [1.165, 1.54) is 0 Å². The standard InChI is InChI=1S/C22H16N2O/c1-15(25)18-13-8-14-19-22(18)24-21(17-11-6-3-7-12-17)20(23-19)16-9-4-2-5-10-16/h2-14H,1H3. The van der Waals surface area contributed by atoms with E-state index in [4.69, 9.17) is 9.97 Å². The zero-order valence-electron chi connectivity index (χ0n) is 13.8. The number of para-hydroxylation sites is 1. The van der Waals surface area contributed by atoms with Gasteiger partial charge in [0.15, 0.2) is 5.78 Å². The van der Waals surface area contributed by atoms with Crippen molar-refractivity contribution in [2.24, 2.45) is 0 Å². The Morgan fingerprint density at radius 3 is 1.80 bits per heavy atom. The molecule has 0 saturated heterocycles. The molecule has 0 N–H and O–H groups in total. The van der Waals surface area contributed by atoms with Crippen molar-refractivity contribution >= 4 is 16.8 Å². The van der Waals surface area contributed by atoms with E-state index in [2.05, 4.69) is 0 Å². The highest BCUT2D eigenvalue weighted by Gasteiger charge is 2.15. The Hall–Kier alpha value is -3.33. The van der Waals surface area contributed by atoms with Gasteiger partial charge < -0.3 is 0 Å². The molecular weight excluding hydrogens is 308 g/mol. The third kappa shape index (κ3) is 2.81. The third-order valence-corrected chi connectivity index (χ3v) is 4.17. The van der Waals surface area contributed by atoms with Crippen molar-refractivity contribution in [3.63, 3.8) is 0 Å². The van der Waals surface area contributed by atoms with E-state index in [0.29, 0.717) is 11.1 Å². The van der Waals surface area contributed by atoms with E-state index < -0.39 is 0 Å². The summed E-state index contributed by atoms with van der Waals surface area (Å²) in [6.07, 6.45) is 0. The molecule has 0 amide bonds. The highest BCUT2D eigenvalue weighted by molar-refractivity contribution is 6.05. The average molecular weight is 324 g/mol. The summed E-state index contributed by atoms with van der Waals surface area (Å²) in [7, 11) is 0. The number of rotatable bonds is 3. The Labute approximate surface area is 146 Å². The van der Waals surface area contributed by atoms with Crippen LogP contribution < -0.4 is 0 Å². The van der Waals surface area contributed by atoms with Crippen LogP contribution in [0.3, 0.4) is 0 Å². The summed E-state index contributed by atoms with van der Waals surface area (Å²) in [4.78, 5) is 21.7. The lowest BCUT2D eigenvalue weighted by atomic mass is 10.0. The summed E-state index contributed by atoms with van der Waals surface area (Å²) < 4.78 is 0. The fraction of sp³-hybridized carbons (Fsp3) is 0.0455. The minimum absolute atomic E-state index is 0.00799. The van der Waals surface area contributed by atoms with Crippen molar-refractivity contribution in [1.29, 1.82) is 0 Å². The Morgan fingerprint density at radius 2 is 1.24 bits per heavy atom. The van der Waals surface area contributed by atoms with Crippen LogP contribution in [-0.2, 0) is 0 Å². The van der Waals surface area contributed by atoms with E-state index in [9.17, 15) is 4.79 Å². The van der Waals surface area contributed by atoms with Crippen LogP contribution in [0, 0.1) is 0 Å². The Morgan fingerprint density at radius 1 is 0.680 bits per heavy atom. The molecule has 0 saturated carbocycles. The van der Waals surface area contributed by atoms with Crippen LogP contribution in [0.4, 0.5) is 0 Å². The summed E-state index contributed by atoms with van der Waals surface area (Å²) >= 11 is 0. The highest BCUT2D eigenvalue weighted by atomic mass is 16.1. The van der Waals surface area contributed by atoms with Crippen LogP contribution in [0.25, 0.3) is 33.5 Å². The molecule has 25 heavy (non-hydrogen) atoms. The maximum absolute atomic E-state index is 12.0. The van der Waals surface area contributed by atoms with Crippen LogP contribution >= 0.6 is 0 Å². The van der Waals surface area contributed by atoms with Crippen LogP contribution in [0.1, 0.15) is 17.3 Å². The van der Waals surface area contributed by atoms with Crippen molar-refractivity contribution in [3.05, 3.63) is 84.4 Å². The molecule has 0 bridgehead atoms. The number of fused-ring (bicyclic) bond motifs is 1. The fourth-order valence-electron chi connectivity index (χ4n) is 2.96. The Bertz CT molecular complexity index is 1060. The third-order valence-electron chi connectivity index (χ3n) is 4.17. The Kier molecular flexibility index (Phi) is 3.82. The predicted octanol–water partition coefficient (Wildman–Crippen LogP) is 5.17. The Balaban J connectivity index is 2.08. The zero-order chi connectivity index (χ0) is 17.2. The first kappa shape index (κ1) is 15.2. The second kappa shape index (κ2) is 6.29. The van der Waals surface area contributed by atoms with Gasteiger partial charge in [-0.3, -0.25) is 4.79 Å². The molecule has 3 aromatic carbocycles. The van der Waals surface area contributed by atoms with E-state index in [1.807, 2.05) is 72.8 Å². The molecule has 4 aromatic rings. The van der Waals surface area contributed by atoms with Gasteiger partial charge in [-0.25, -0.2) is 9.97 Å². The van der Waals surface area contributed by atoms with E-state index in [-0.39, 0.29) is 5.78 Å². The number of carbonyl (C=O) groups excluding carboxylic acids is 1. The second-order valence-electron chi connectivity index (χ2n) is 5.88. The number of benzene rings is 3. The van der Waals surface area contributed by atoms with E-state index >= 15 is 0 Å². The number of hydrogen-bond acceptors (Lipinski definition) is 3. The lowest BCUT2D eigenvalue weighted by Crippen LogP contribution is -2.00. The zero-order valence-corrected chi connectivity index (χ0v) is 13.8. The van der Waals surface area contributed by atoms with Gasteiger partial charge in [-0.05, 0) is 19.1 Å². The van der Waals surface area contributed by atoms with E-state index in [0.717, 1.165) is 28.0 Å². The smallest absolute Gasteiger partial charge is 0.162 e. The molecule has 3 heteroatoms. The van der Waals surface area contributed by atoms with Gasteiger partial charge in [0.2, 0.25) is 0 Å². The average Bonchev–Trinajstić information content (AvgIpc) is 2.67. The summed E-state index contributed by atoms with van der Waals surface area (Å²) in [5.41, 5.74) is 5.56. The number of nitrogens with zero attached hydrogens (tertiary/aromatic N) is 2. The molecule has 4 rings (SSSR count). The molecule has 0 aliphatic heterocycles. The maximum atomic E-state index is 12.0. The monoisotopic (exact) mass is 324 g/mol. The molecule has 1 heterocycles. The first-order chi connectivity index (χ1) is 12.2. The molecule has 0 unspecified atom stereocenters. The minimum Gasteiger partial charge on any atom is -0.294 e. The van der Waals surface area contributed by atoms with Gasteiger partial charge in [0, 0.05) is 16.7 Å². The van der Waals surface area contributed by atoms with Gasteiger partial charge in [0.25, 0.3) is 0 Å². The second-order valence-corrected chi connectivity index (χ2v) is 5.88. The lowest BCUT2D eigenvalue weighted by Gasteiger charge is -2.12. The van der Waals surface area contributed by atoms with E-state index in [1.54, 1.807) is 13.0 Å². The number of aromatic nitrogens is 2. The summed E-state index contributed by atoms with van der Waals surface area (Å²) in [6.45, 7) is 1.56. The van der Waals surface area contributed by atoms with Crippen molar-refractivity contribution in [2.75, 3.05) is 0 Å². The summed E-state index contributed by atoms with van der Waals surface area (Å²) in [5, 5.41) is 0. The fourth-order valence-corrected chi connectivity index (χ4v) is 2.96. The molecule has 0 atom stereocenters. The SMILES string of the molecule is CC(=O)c1cccc2nc(-c3ccccc3)c(-c3ccccc3)nc12. The number of ketones is 1. The summed E-state index contributed by atoms with van der Waals surface area (Å²) in [6, 6.07) is 25.5. The molecular formula is C22H16N2O. The quantitative estimate of drug-likeness (QED) is 0.488. The van der Waals surface area contributed by atoms with Gasteiger partial charge in [-0.2, -0.15) is 0 Å². The normalized spacial score (nSPS) is 10.8. The molecule has 3 nitrogen and oxygen atoms in total. The van der Waals surface area contributed by atoms with Gasteiger partial charge >= 0.3 is 0 Å². The van der Waals surface area contributed by atoms with Crippen molar-refractivity contribution in [3.8, 4) is 22.5 Å². The van der Waals surface area contributed by atoms with Crippen LogP contribution in [0.2, 0.25) is 0 Å². The topological polar surface area (TPSA) is 42.9 Å². The molecule has 0 aliphatic carbocycles. The molecule has 120 valence electrons. The highest BCUT2D eigenvalue weighted by Crippen LogP contribution is 2.31. The van der Waals surface area contributed by atoms with Crippen LogP contribution in [0.15, 0.2) is 78.9 Å². The number of Topliss-reactive ketones (excluding diaryl/α,β-unsaturated/α-hetero) is 1. The molecule has 0 aliphatic rings.